The molecule has 0 N–H and O–H groups in total. The Kier molecular flexibility index (Phi) is 2.72. The van der Waals surface area contributed by atoms with Crippen molar-refractivity contribution in [2.75, 3.05) is 11.9 Å². The zero-order valence-corrected chi connectivity index (χ0v) is 9.59. The molecule has 1 saturated carbocycles. The summed E-state index contributed by atoms with van der Waals surface area (Å²) in [6.07, 6.45) is 5.17. The molecule has 0 bridgehead atoms. The topological polar surface area (TPSA) is 16.1 Å². The van der Waals surface area contributed by atoms with E-state index in [-0.39, 0.29) is 5.82 Å². The Morgan fingerprint density at radius 2 is 2.29 bits per heavy atom. The number of anilines is 1. The Labute approximate surface area is 91.3 Å². The summed E-state index contributed by atoms with van der Waals surface area (Å²) in [7, 11) is 1.91. The minimum atomic E-state index is -0.256. The smallest absolute Gasteiger partial charge is 0.166 e. The van der Waals surface area contributed by atoms with E-state index in [0.29, 0.717) is 16.3 Å². The highest BCUT2D eigenvalue weighted by Crippen LogP contribution is 2.29. The fourth-order valence-electron chi connectivity index (χ4n) is 1.61. The standard InChI is InChI=1S/C10H12BrFN2/c1-14(8-3-2-4-8)10-9(12)5-7(11)6-13-10/h5-6,8H,2-4H2,1H3. The average molecular weight is 259 g/mol. The van der Waals surface area contributed by atoms with Crippen LogP contribution in [0.5, 0.6) is 0 Å². The lowest BCUT2D eigenvalue weighted by molar-refractivity contribution is 0.395. The van der Waals surface area contributed by atoms with E-state index in [9.17, 15) is 4.39 Å². The molecule has 0 saturated heterocycles. The molecule has 1 fully saturated rings. The first kappa shape index (κ1) is 9.90. The Morgan fingerprint density at radius 3 is 2.79 bits per heavy atom. The molecule has 0 spiro atoms. The van der Waals surface area contributed by atoms with Crippen molar-refractivity contribution >= 4 is 21.7 Å². The van der Waals surface area contributed by atoms with Gasteiger partial charge >= 0.3 is 0 Å². The Hall–Kier alpha value is -0.640. The normalized spacial score (nSPS) is 16.5. The molecule has 1 aromatic rings. The summed E-state index contributed by atoms with van der Waals surface area (Å²) < 4.78 is 14.2. The molecule has 0 radical (unpaired) electrons. The van der Waals surface area contributed by atoms with Crippen molar-refractivity contribution in [2.24, 2.45) is 0 Å². The second-order valence-corrected chi connectivity index (χ2v) is 4.57. The van der Waals surface area contributed by atoms with Gasteiger partial charge in [-0.3, -0.25) is 0 Å². The number of nitrogens with zero attached hydrogens (tertiary/aromatic N) is 2. The minimum Gasteiger partial charge on any atom is -0.354 e. The van der Waals surface area contributed by atoms with Gasteiger partial charge in [0.1, 0.15) is 0 Å². The summed E-state index contributed by atoms with van der Waals surface area (Å²) in [5.74, 6) is 0.201. The highest BCUT2D eigenvalue weighted by atomic mass is 79.9. The van der Waals surface area contributed by atoms with Crippen LogP contribution in [0.1, 0.15) is 19.3 Å². The fraction of sp³-hybridized carbons (Fsp3) is 0.500. The molecule has 1 heterocycles. The molecule has 1 aliphatic carbocycles. The van der Waals surface area contributed by atoms with E-state index < -0.39 is 0 Å². The van der Waals surface area contributed by atoms with Crippen LogP contribution in [0.25, 0.3) is 0 Å². The van der Waals surface area contributed by atoms with Crippen LogP contribution < -0.4 is 4.90 Å². The summed E-state index contributed by atoms with van der Waals surface area (Å²) in [5.41, 5.74) is 0. The monoisotopic (exact) mass is 258 g/mol. The molecule has 0 aliphatic heterocycles. The molecular formula is C10H12BrFN2. The molecule has 0 atom stereocenters. The highest BCUT2D eigenvalue weighted by molar-refractivity contribution is 9.10. The van der Waals surface area contributed by atoms with Gasteiger partial charge in [0.05, 0.1) is 0 Å². The quantitative estimate of drug-likeness (QED) is 0.811. The lowest BCUT2D eigenvalue weighted by atomic mass is 9.92. The van der Waals surface area contributed by atoms with Crippen molar-refractivity contribution in [3.63, 3.8) is 0 Å². The van der Waals surface area contributed by atoms with Crippen LogP contribution in [0.4, 0.5) is 10.2 Å². The summed E-state index contributed by atoms with van der Waals surface area (Å²) in [6, 6.07) is 1.93. The minimum absolute atomic E-state index is 0.256. The van der Waals surface area contributed by atoms with Gasteiger partial charge in [-0.25, -0.2) is 9.37 Å². The van der Waals surface area contributed by atoms with Gasteiger partial charge < -0.3 is 4.90 Å². The van der Waals surface area contributed by atoms with Crippen LogP contribution in [0.15, 0.2) is 16.7 Å². The van der Waals surface area contributed by atoms with Crippen molar-refractivity contribution in [1.82, 2.24) is 4.98 Å². The van der Waals surface area contributed by atoms with Crippen molar-refractivity contribution in [2.45, 2.75) is 25.3 Å². The Morgan fingerprint density at radius 1 is 1.57 bits per heavy atom. The SMILES string of the molecule is CN(c1ncc(Br)cc1F)C1CCC1. The predicted molar refractivity (Wildman–Crippen MR) is 57.9 cm³/mol. The molecule has 76 valence electrons. The van der Waals surface area contributed by atoms with E-state index in [1.54, 1.807) is 6.20 Å². The van der Waals surface area contributed by atoms with Crippen LogP contribution in [-0.2, 0) is 0 Å². The van der Waals surface area contributed by atoms with E-state index in [2.05, 4.69) is 20.9 Å². The number of halogens is 2. The fourth-order valence-corrected chi connectivity index (χ4v) is 1.92. The van der Waals surface area contributed by atoms with Gasteiger partial charge in [-0.1, -0.05) is 0 Å². The first-order chi connectivity index (χ1) is 6.68. The van der Waals surface area contributed by atoms with Gasteiger partial charge in [-0.2, -0.15) is 0 Å². The van der Waals surface area contributed by atoms with Gasteiger partial charge in [-0.15, -0.1) is 0 Å². The van der Waals surface area contributed by atoms with Gasteiger partial charge in [0.15, 0.2) is 11.6 Å². The number of hydrogen-bond donors (Lipinski definition) is 0. The van der Waals surface area contributed by atoms with Crippen molar-refractivity contribution in [3.8, 4) is 0 Å². The predicted octanol–water partition coefficient (Wildman–Crippen LogP) is 2.97. The van der Waals surface area contributed by atoms with Gasteiger partial charge in [0.25, 0.3) is 0 Å². The maximum absolute atomic E-state index is 13.5. The van der Waals surface area contributed by atoms with Crippen LogP contribution in [0.3, 0.4) is 0 Å². The number of aromatic nitrogens is 1. The first-order valence-corrected chi connectivity index (χ1v) is 5.51. The molecule has 0 amide bonds. The maximum Gasteiger partial charge on any atom is 0.166 e. The third kappa shape index (κ3) is 1.75. The lowest BCUT2D eigenvalue weighted by Crippen LogP contribution is -2.38. The van der Waals surface area contributed by atoms with Crippen molar-refractivity contribution < 1.29 is 4.39 Å². The highest BCUT2D eigenvalue weighted by Gasteiger charge is 2.24. The van der Waals surface area contributed by atoms with E-state index in [0.717, 1.165) is 12.8 Å². The molecule has 0 aromatic carbocycles. The van der Waals surface area contributed by atoms with Crippen LogP contribution >= 0.6 is 15.9 Å². The summed E-state index contributed by atoms with van der Waals surface area (Å²) in [4.78, 5) is 6.02. The van der Waals surface area contributed by atoms with E-state index in [1.807, 2.05) is 11.9 Å². The summed E-state index contributed by atoms with van der Waals surface area (Å²) in [5, 5.41) is 0. The lowest BCUT2D eigenvalue weighted by Gasteiger charge is -2.35. The third-order valence-electron chi connectivity index (χ3n) is 2.74. The molecule has 4 heteroatoms. The maximum atomic E-state index is 13.5. The van der Waals surface area contributed by atoms with Crippen LogP contribution in [0, 0.1) is 5.82 Å². The number of rotatable bonds is 2. The third-order valence-corrected chi connectivity index (χ3v) is 3.18. The zero-order valence-electron chi connectivity index (χ0n) is 8.00. The second kappa shape index (κ2) is 3.85. The van der Waals surface area contributed by atoms with Gasteiger partial charge in [0.2, 0.25) is 0 Å². The molecule has 1 aromatic heterocycles. The number of hydrogen-bond acceptors (Lipinski definition) is 2. The van der Waals surface area contributed by atoms with Gasteiger partial charge in [0, 0.05) is 23.8 Å². The Bertz CT molecular complexity index is 339. The van der Waals surface area contributed by atoms with Crippen LogP contribution in [-0.4, -0.2) is 18.1 Å². The number of pyridine rings is 1. The second-order valence-electron chi connectivity index (χ2n) is 3.65. The van der Waals surface area contributed by atoms with Crippen molar-refractivity contribution in [3.05, 3.63) is 22.6 Å². The van der Waals surface area contributed by atoms with E-state index in [1.165, 1.54) is 12.5 Å². The zero-order chi connectivity index (χ0) is 10.1. The van der Waals surface area contributed by atoms with E-state index >= 15 is 0 Å². The molecule has 1 aliphatic rings. The summed E-state index contributed by atoms with van der Waals surface area (Å²) >= 11 is 3.19. The van der Waals surface area contributed by atoms with Crippen molar-refractivity contribution in [1.29, 1.82) is 0 Å². The first-order valence-electron chi connectivity index (χ1n) is 4.72. The molecule has 2 rings (SSSR count). The van der Waals surface area contributed by atoms with Gasteiger partial charge in [-0.05, 0) is 41.3 Å². The van der Waals surface area contributed by atoms with Crippen LogP contribution in [0.2, 0.25) is 0 Å². The Balaban J connectivity index is 2.22. The molecule has 0 unspecified atom stereocenters. The molecule has 14 heavy (non-hydrogen) atoms. The average Bonchev–Trinajstić information content (AvgIpc) is 2.00. The van der Waals surface area contributed by atoms with E-state index in [4.69, 9.17) is 0 Å². The molecular weight excluding hydrogens is 247 g/mol. The summed E-state index contributed by atoms with van der Waals surface area (Å²) in [6.45, 7) is 0. The molecule has 2 nitrogen and oxygen atoms in total. The largest absolute Gasteiger partial charge is 0.354 e.